The number of hydrogen-bond acceptors (Lipinski definition) is 3. The zero-order valence-corrected chi connectivity index (χ0v) is 10.0. The first kappa shape index (κ1) is 14.1. The highest BCUT2D eigenvalue weighted by atomic mass is 16.6. The van der Waals surface area contributed by atoms with Crippen molar-refractivity contribution in [3.05, 3.63) is 10.1 Å². The van der Waals surface area contributed by atoms with Crippen LogP contribution >= 0.6 is 0 Å². The summed E-state index contributed by atoms with van der Waals surface area (Å²) in [4.78, 5) is 21.7. The van der Waals surface area contributed by atoms with Crippen LogP contribution in [0.3, 0.4) is 0 Å². The van der Waals surface area contributed by atoms with Gasteiger partial charge in [-0.05, 0) is 11.8 Å². The monoisotopic (exact) mass is 215 g/mol. The average Bonchev–Trinajstić information content (AvgIpc) is 2.01. The molecule has 0 fully saturated rings. The molecule has 0 aromatic carbocycles. The van der Waals surface area contributed by atoms with Gasteiger partial charge in [-0.2, -0.15) is 0 Å². The van der Waals surface area contributed by atoms with Crippen LogP contribution in [0.1, 0.15) is 40.5 Å². The molecule has 0 heterocycles. The second-order valence-corrected chi connectivity index (χ2v) is 4.76. The molecule has 0 aromatic rings. The second kappa shape index (κ2) is 6.53. The number of carbonyl (C=O) groups excluding carboxylic acids is 1. The molecule has 0 spiro atoms. The molecule has 0 aliphatic carbocycles. The first-order valence-corrected chi connectivity index (χ1v) is 5.49. The number of carbonyl (C=O) groups is 1. The summed E-state index contributed by atoms with van der Waals surface area (Å²) in [6.45, 7) is 7.77. The van der Waals surface area contributed by atoms with Crippen LogP contribution in [0.2, 0.25) is 0 Å². The van der Waals surface area contributed by atoms with Gasteiger partial charge in [-0.1, -0.05) is 27.7 Å². The lowest BCUT2D eigenvalue weighted by molar-refractivity contribution is -0.481. The van der Waals surface area contributed by atoms with Gasteiger partial charge in [0.2, 0.25) is 6.54 Å². The van der Waals surface area contributed by atoms with Gasteiger partial charge in [-0.25, -0.2) is 0 Å². The Morgan fingerprint density at radius 1 is 1.27 bits per heavy atom. The van der Waals surface area contributed by atoms with E-state index >= 15 is 0 Å². The highest BCUT2D eigenvalue weighted by Gasteiger charge is 2.24. The smallest absolute Gasteiger partial charge is 0.204 e. The van der Waals surface area contributed by atoms with Crippen LogP contribution in [0.5, 0.6) is 0 Å². The zero-order chi connectivity index (χ0) is 12.0. The summed E-state index contributed by atoms with van der Waals surface area (Å²) in [6.07, 6.45) is 0.900. The van der Waals surface area contributed by atoms with Gasteiger partial charge in [-0.3, -0.25) is 14.9 Å². The van der Waals surface area contributed by atoms with Gasteiger partial charge in [-0.15, -0.1) is 0 Å². The van der Waals surface area contributed by atoms with E-state index in [0.29, 0.717) is 18.8 Å². The molecule has 0 rings (SSSR count). The Kier molecular flexibility index (Phi) is 6.13. The highest BCUT2D eigenvalue weighted by molar-refractivity contribution is 5.81. The lowest BCUT2D eigenvalue weighted by Crippen LogP contribution is -2.24. The van der Waals surface area contributed by atoms with Gasteiger partial charge in [0.1, 0.15) is 5.78 Å². The van der Waals surface area contributed by atoms with E-state index in [-0.39, 0.29) is 29.1 Å². The molecule has 4 heteroatoms. The molecule has 1 unspecified atom stereocenters. The van der Waals surface area contributed by atoms with Crippen molar-refractivity contribution in [2.24, 2.45) is 17.8 Å². The van der Waals surface area contributed by atoms with Crippen LogP contribution in [0.25, 0.3) is 0 Å². The van der Waals surface area contributed by atoms with E-state index in [4.69, 9.17) is 0 Å². The van der Waals surface area contributed by atoms with Crippen molar-refractivity contribution in [1.82, 2.24) is 0 Å². The van der Waals surface area contributed by atoms with Gasteiger partial charge < -0.3 is 0 Å². The van der Waals surface area contributed by atoms with E-state index in [0.717, 1.165) is 0 Å². The Labute approximate surface area is 91.2 Å². The third kappa shape index (κ3) is 6.20. The molecule has 0 saturated heterocycles. The van der Waals surface area contributed by atoms with Gasteiger partial charge in [0.05, 0.1) is 0 Å². The van der Waals surface area contributed by atoms with Crippen molar-refractivity contribution in [3.63, 3.8) is 0 Å². The molecule has 0 radical (unpaired) electrons. The van der Waals surface area contributed by atoms with Crippen molar-refractivity contribution in [2.45, 2.75) is 40.5 Å². The fourth-order valence-corrected chi connectivity index (χ4v) is 1.66. The molecule has 0 saturated carbocycles. The van der Waals surface area contributed by atoms with E-state index in [2.05, 4.69) is 0 Å². The van der Waals surface area contributed by atoms with Gasteiger partial charge in [0, 0.05) is 23.7 Å². The SMILES string of the molecule is CC(C)CC(=O)C(CC[N+](=O)[O-])C(C)C. The largest absolute Gasteiger partial charge is 0.299 e. The maximum Gasteiger partial charge on any atom is 0.204 e. The average molecular weight is 215 g/mol. The first-order valence-electron chi connectivity index (χ1n) is 5.49. The molecule has 0 bridgehead atoms. The maximum absolute atomic E-state index is 11.8. The second-order valence-electron chi connectivity index (χ2n) is 4.76. The Balaban J connectivity index is 4.25. The van der Waals surface area contributed by atoms with E-state index in [9.17, 15) is 14.9 Å². The molecule has 15 heavy (non-hydrogen) atoms. The summed E-state index contributed by atoms with van der Waals surface area (Å²) in [5.41, 5.74) is 0. The van der Waals surface area contributed by atoms with Crippen molar-refractivity contribution in [3.8, 4) is 0 Å². The van der Waals surface area contributed by atoms with Gasteiger partial charge >= 0.3 is 0 Å². The normalized spacial score (nSPS) is 13.2. The third-order valence-electron chi connectivity index (χ3n) is 2.45. The van der Waals surface area contributed by atoms with E-state index in [1.54, 1.807) is 0 Å². The molecule has 0 aliphatic heterocycles. The lowest BCUT2D eigenvalue weighted by atomic mass is 9.85. The third-order valence-corrected chi connectivity index (χ3v) is 2.45. The summed E-state index contributed by atoms with van der Waals surface area (Å²) in [7, 11) is 0. The first-order chi connectivity index (χ1) is 6.84. The number of rotatable bonds is 7. The molecule has 88 valence electrons. The minimum Gasteiger partial charge on any atom is -0.299 e. The fraction of sp³-hybridized carbons (Fsp3) is 0.909. The Bertz CT molecular complexity index is 224. The minimum absolute atomic E-state index is 0.104. The lowest BCUT2D eigenvalue weighted by Gasteiger charge is -2.18. The van der Waals surface area contributed by atoms with Crippen LogP contribution < -0.4 is 0 Å². The van der Waals surface area contributed by atoms with Crippen LogP contribution in [-0.4, -0.2) is 17.3 Å². The molecular weight excluding hydrogens is 194 g/mol. The maximum atomic E-state index is 11.8. The summed E-state index contributed by atoms with van der Waals surface area (Å²) in [6, 6.07) is 0. The highest BCUT2D eigenvalue weighted by Crippen LogP contribution is 2.20. The predicted octanol–water partition coefficient (Wildman–Crippen LogP) is 2.54. The molecule has 0 N–H and O–H groups in total. The Morgan fingerprint density at radius 2 is 1.80 bits per heavy atom. The van der Waals surface area contributed by atoms with Gasteiger partial charge in [0.15, 0.2) is 0 Å². The van der Waals surface area contributed by atoms with Crippen molar-refractivity contribution >= 4 is 5.78 Å². The number of Topliss-reactive ketones (excluding diaryl/α,β-unsaturated/α-hetero) is 1. The summed E-state index contributed by atoms with van der Waals surface area (Å²) in [5.74, 6) is 0.533. The molecule has 0 aliphatic rings. The molecule has 1 atom stereocenters. The molecular formula is C11H21NO3. The quantitative estimate of drug-likeness (QED) is 0.484. The molecule has 0 aromatic heterocycles. The van der Waals surface area contributed by atoms with E-state index < -0.39 is 0 Å². The predicted molar refractivity (Wildman–Crippen MR) is 59.3 cm³/mol. The Morgan fingerprint density at radius 3 is 2.13 bits per heavy atom. The van der Waals surface area contributed by atoms with Crippen molar-refractivity contribution in [1.29, 1.82) is 0 Å². The number of hydrogen-bond donors (Lipinski definition) is 0. The van der Waals surface area contributed by atoms with Crippen LogP contribution in [0.15, 0.2) is 0 Å². The number of nitro groups is 1. The summed E-state index contributed by atoms with van der Waals surface area (Å²) >= 11 is 0. The van der Waals surface area contributed by atoms with E-state index in [1.165, 1.54) is 0 Å². The standard InChI is InChI=1S/C11H21NO3/c1-8(2)7-11(13)10(9(3)4)5-6-12(14)15/h8-10H,5-7H2,1-4H3. The number of nitrogens with zero attached hydrogens (tertiary/aromatic N) is 1. The Hall–Kier alpha value is -0.930. The number of ketones is 1. The fourth-order valence-electron chi connectivity index (χ4n) is 1.66. The van der Waals surface area contributed by atoms with Crippen LogP contribution in [-0.2, 0) is 4.79 Å². The van der Waals surface area contributed by atoms with Crippen LogP contribution in [0, 0.1) is 27.9 Å². The molecule has 0 amide bonds. The van der Waals surface area contributed by atoms with Crippen LogP contribution in [0.4, 0.5) is 0 Å². The van der Waals surface area contributed by atoms with E-state index in [1.807, 2.05) is 27.7 Å². The zero-order valence-electron chi connectivity index (χ0n) is 10.0. The molecule has 4 nitrogen and oxygen atoms in total. The summed E-state index contributed by atoms with van der Waals surface area (Å²) < 4.78 is 0. The summed E-state index contributed by atoms with van der Waals surface area (Å²) in [5, 5.41) is 10.3. The van der Waals surface area contributed by atoms with Crippen molar-refractivity contribution < 1.29 is 9.72 Å². The van der Waals surface area contributed by atoms with Crippen molar-refractivity contribution in [2.75, 3.05) is 6.54 Å². The topological polar surface area (TPSA) is 60.2 Å². The van der Waals surface area contributed by atoms with Gasteiger partial charge in [0.25, 0.3) is 0 Å². The minimum atomic E-state index is -0.349.